The molecule has 2 aromatic carbocycles. The lowest BCUT2D eigenvalue weighted by molar-refractivity contribution is -0.151. The van der Waals surface area contributed by atoms with Crippen molar-refractivity contribution in [1.82, 2.24) is 4.72 Å². The monoisotopic (exact) mass is 414 g/mol. The molecule has 0 spiro atoms. The Kier molecular flexibility index (Phi) is 6.89. The molecule has 144 valence electrons. The van der Waals surface area contributed by atoms with Crippen molar-refractivity contribution in [2.24, 2.45) is 0 Å². The molecule has 0 heterocycles. The van der Waals surface area contributed by atoms with E-state index in [1.807, 2.05) is 0 Å². The molecular weight excluding hydrogens is 399 g/mol. The van der Waals surface area contributed by atoms with Crippen LogP contribution in [-0.2, 0) is 24.3 Å². The average molecular weight is 415 g/mol. The van der Waals surface area contributed by atoms with Crippen LogP contribution in [0.2, 0.25) is 5.02 Å². The van der Waals surface area contributed by atoms with Gasteiger partial charge in [0.1, 0.15) is 12.4 Å². The molecule has 0 aliphatic carbocycles. The molecule has 2 rings (SSSR count). The first-order chi connectivity index (χ1) is 12.7. The third-order valence-electron chi connectivity index (χ3n) is 3.33. The summed E-state index contributed by atoms with van der Waals surface area (Å²) in [7, 11) is -3.88. The number of hydrogen-bond donors (Lipinski definition) is 2. The minimum atomic E-state index is -3.88. The number of halogens is 2. The van der Waals surface area contributed by atoms with Crippen molar-refractivity contribution in [1.29, 1.82) is 0 Å². The van der Waals surface area contributed by atoms with Crippen molar-refractivity contribution in [3.05, 3.63) is 59.4 Å². The van der Waals surface area contributed by atoms with Crippen molar-refractivity contribution < 1.29 is 27.1 Å². The molecule has 27 heavy (non-hydrogen) atoms. The number of benzene rings is 2. The number of ether oxygens (including phenoxy) is 1. The minimum absolute atomic E-state index is 0.0122. The van der Waals surface area contributed by atoms with E-state index in [2.05, 4.69) is 10.0 Å². The zero-order valence-corrected chi connectivity index (χ0v) is 15.7. The summed E-state index contributed by atoms with van der Waals surface area (Å²) in [6.07, 6.45) is -1.27. The second-order valence-corrected chi connectivity index (χ2v) is 7.59. The van der Waals surface area contributed by atoms with Gasteiger partial charge >= 0.3 is 5.97 Å². The van der Waals surface area contributed by atoms with E-state index in [-0.39, 0.29) is 15.6 Å². The molecule has 0 saturated heterocycles. The molecule has 0 saturated carbocycles. The molecule has 0 unspecified atom stereocenters. The van der Waals surface area contributed by atoms with Gasteiger partial charge in [-0.15, -0.1) is 0 Å². The predicted octanol–water partition coefficient (Wildman–Crippen LogP) is 2.33. The highest BCUT2D eigenvalue weighted by Crippen LogP contribution is 2.19. The number of nitrogens with one attached hydrogen (secondary N) is 2. The highest BCUT2D eigenvalue weighted by Gasteiger charge is 2.21. The summed E-state index contributed by atoms with van der Waals surface area (Å²) < 4.78 is 44.6. The third-order valence-corrected chi connectivity index (χ3v) is 4.98. The molecule has 0 bridgehead atoms. The molecular formula is C17H16ClFN2O5S. The highest BCUT2D eigenvalue weighted by atomic mass is 35.5. The van der Waals surface area contributed by atoms with Gasteiger partial charge in [0.15, 0.2) is 6.10 Å². The van der Waals surface area contributed by atoms with Crippen LogP contribution in [0.3, 0.4) is 0 Å². The molecule has 0 aliphatic rings. The molecule has 2 N–H and O–H groups in total. The van der Waals surface area contributed by atoms with Crippen molar-refractivity contribution in [3.8, 4) is 0 Å². The van der Waals surface area contributed by atoms with Gasteiger partial charge in [-0.3, -0.25) is 9.59 Å². The highest BCUT2D eigenvalue weighted by molar-refractivity contribution is 7.89. The molecule has 1 atom stereocenters. The standard InChI is InChI=1S/C17H16ClFN2O5S/c1-11(17(23)21-15-8-7-12(18)9-14(15)19)26-16(22)10-20-27(24,25)13-5-3-2-4-6-13/h2-9,11,20H,10H2,1H3,(H,21,23)/t11-/m0/s1. The lowest BCUT2D eigenvalue weighted by Gasteiger charge is -2.14. The van der Waals surface area contributed by atoms with E-state index in [4.69, 9.17) is 16.3 Å². The Hall–Kier alpha value is -2.49. The van der Waals surface area contributed by atoms with Crippen LogP contribution in [0.25, 0.3) is 0 Å². The second kappa shape index (κ2) is 8.94. The van der Waals surface area contributed by atoms with Crippen LogP contribution in [0.15, 0.2) is 53.4 Å². The second-order valence-electron chi connectivity index (χ2n) is 5.38. The third kappa shape index (κ3) is 6.02. The number of carbonyl (C=O) groups excluding carboxylic acids is 2. The van der Waals surface area contributed by atoms with Crippen LogP contribution in [0, 0.1) is 5.82 Å². The van der Waals surface area contributed by atoms with E-state index in [1.54, 1.807) is 6.07 Å². The average Bonchev–Trinajstić information content (AvgIpc) is 2.63. The van der Waals surface area contributed by atoms with Crippen LogP contribution in [0.5, 0.6) is 0 Å². The first kappa shape index (κ1) is 20.8. The molecule has 0 radical (unpaired) electrons. The van der Waals surface area contributed by atoms with E-state index in [9.17, 15) is 22.4 Å². The van der Waals surface area contributed by atoms with Gasteiger partial charge in [-0.2, -0.15) is 4.72 Å². The Morgan fingerprint density at radius 3 is 2.48 bits per heavy atom. The number of esters is 1. The Labute approximate surface area is 160 Å². The van der Waals surface area contributed by atoms with Crippen molar-refractivity contribution in [3.63, 3.8) is 0 Å². The Morgan fingerprint density at radius 2 is 1.85 bits per heavy atom. The van der Waals surface area contributed by atoms with E-state index in [0.29, 0.717) is 0 Å². The number of sulfonamides is 1. The Balaban J connectivity index is 1.88. The van der Waals surface area contributed by atoms with E-state index >= 15 is 0 Å². The molecule has 7 nitrogen and oxygen atoms in total. The van der Waals surface area contributed by atoms with Gasteiger partial charge in [0.2, 0.25) is 10.0 Å². The minimum Gasteiger partial charge on any atom is -0.452 e. The van der Waals surface area contributed by atoms with Crippen LogP contribution in [0.1, 0.15) is 6.92 Å². The molecule has 0 aromatic heterocycles. The summed E-state index contributed by atoms with van der Waals surface area (Å²) >= 11 is 5.62. The number of rotatable bonds is 7. The summed E-state index contributed by atoms with van der Waals surface area (Å²) in [5, 5.41) is 2.41. The SMILES string of the molecule is C[C@H](OC(=O)CNS(=O)(=O)c1ccccc1)C(=O)Nc1ccc(Cl)cc1F. The van der Waals surface area contributed by atoms with Crippen LogP contribution in [0.4, 0.5) is 10.1 Å². The van der Waals surface area contributed by atoms with Crippen molar-refractivity contribution >= 4 is 39.2 Å². The first-order valence-electron chi connectivity index (χ1n) is 7.69. The Bertz CT molecular complexity index is 938. The molecule has 0 fully saturated rings. The maximum Gasteiger partial charge on any atom is 0.321 e. The molecule has 0 aliphatic heterocycles. The summed E-state index contributed by atoms with van der Waals surface area (Å²) in [5.41, 5.74) is -0.128. The van der Waals surface area contributed by atoms with Gasteiger partial charge in [-0.05, 0) is 37.3 Å². The maximum absolute atomic E-state index is 13.7. The van der Waals surface area contributed by atoms with Crippen LogP contribution < -0.4 is 10.0 Å². The fraction of sp³-hybridized carbons (Fsp3) is 0.176. The topological polar surface area (TPSA) is 102 Å². The smallest absolute Gasteiger partial charge is 0.321 e. The van der Waals surface area contributed by atoms with E-state index in [0.717, 1.165) is 6.07 Å². The predicted molar refractivity (Wildman–Crippen MR) is 97.2 cm³/mol. The number of carbonyl (C=O) groups is 2. The number of anilines is 1. The molecule has 2 aromatic rings. The Morgan fingerprint density at radius 1 is 1.19 bits per heavy atom. The van der Waals surface area contributed by atoms with Crippen LogP contribution in [-0.4, -0.2) is 32.9 Å². The largest absolute Gasteiger partial charge is 0.452 e. The zero-order chi connectivity index (χ0) is 20.0. The fourth-order valence-electron chi connectivity index (χ4n) is 1.95. The zero-order valence-electron chi connectivity index (χ0n) is 14.1. The van der Waals surface area contributed by atoms with Gasteiger partial charge < -0.3 is 10.1 Å². The van der Waals surface area contributed by atoms with Gasteiger partial charge in [0, 0.05) is 5.02 Å². The lowest BCUT2D eigenvalue weighted by atomic mass is 10.3. The molecule has 10 heteroatoms. The quantitative estimate of drug-likeness (QED) is 0.677. The number of amides is 1. The van der Waals surface area contributed by atoms with Gasteiger partial charge in [-0.1, -0.05) is 29.8 Å². The fourth-order valence-corrected chi connectivity index (χ4v) is 3.10. The van der Waals surface area contributed by atoms with E-state index < -0.39 is 40.4 Å². The molecule has 1 amide bonds. The summed E-state index contributed by atoms with van der Waals surface area (Å²) in [4.78, 5) is 23.7. The maximum atomic E-state index is 13.7. The summed E-state index contributed by atoms with van der Waals surface area (Å²) in [6.45, 7) is 0.608. The van der Waals surface area contributed by atoms with Crippen LogP contribution >= 0.6 is 11.6 Å². The van der Waals surface area contributed by atoms with Gasteiger partial charge in [-0.25, -0.2) is 12.8 Å². The summed E-state index contributed by atoms with van der Waals surface area (Å²) in [6, 6.07) is 11.1. The lowest BCUT2D eigenvalue weighted by Crippen LogP contribution is -2.36. The van der Waals surface area contributed by atoms with Crippen molar-refractivity contribution in [2.75, 3.05) is 11.9 Å². The van der Waals surface area contributed by atoms with Gasteiger partial charge in [0.25, 0.3) is 5.91 Å². The summed E-state index contributed by atoms with van der Waals surface area (Å²) in [5.74, 6) is -2.49. The van der Waals surface area contributed by atoms with Gasteiger partial charge in [0.05, 0.1) is 10.6 Å². The normalized spacial score (nSPS) is 12.3. The van der Waals surface area contributed by atoms with E-state index in [1.165, 1.54) is 43.3 Å². The van der Waals surface area contributed by atoms with Crippen molar-refractivity contribution in [2.45, 2.75) is 17.9 Å². The number of hydrogen-bond acceptors (Lipinski definition) is 5. The first-order valence-corrected chi connectivity index (χ1v) is 9.55.